The highest BCUT2D eigenvalue weighted by Crippen LogP contribution is 2.29. The number of aromatic nitrogens is 2. The van der Waals surface area contributed by atoms with Crippen molar-refractivity contribution in [2.45, 2.75) is 12.8 Å². The van der Waals surface area contributed by atoms with Gasteiger partial charge in [0.2, 0.25) is 0 Å². The van der Waals surface area contributed by atoms with Gasteiger partial charge in [-0.05, 0) is 12.1 Å². The number of alkyl halides is 2. The number of halogens is 2. The molecule has 3 N–H and O–H groups in total. The van der Waals surface area contributed by atoms with Gasteiger partial charge in [0.1, 0.15) is 0 Å². The third-order valence-electron chi connectivity index (χ3n) is 2.30. The first kappa shape index (κ1) is 10.5. The van der Waals surface area contributed by atoms with Gasteiger partial charge < -0.3 is 5.73 Å². The molecule has 2 aromatic rings. The van der Waals surface area contributed by atoms with Crippen LogP contribution in [0.5, 0.6) is 0 Å². The summed E-state index contributed by atoms with van der Waals surface area (Å²) < 4.78 is 26.1. The number of hydrogen-bond acceptors (Lipinski definition) is 2. The Morgan fingerprint density at radius 2 is 2.19 bits per heavy atom. The zero-order chi connectivity index (χ0) is 11.9. The van der Waals surface area contributed by atoms with E-state index in [0.29, 0.717) is 10.9 Å². The number of fused-ring (bicyclic) bond motifs is 1. The first-order valence-corrected chi connectivity index (χ1v) is 4.56. The normalized spacial score (nSPS) is 11.9. The molecule has 0 saturated carbocycles. The molecule has 0 atom stereocenters. The van der Waals surface area contributed by atoms with Crippen molar-refractivity contribution in [3.8, 4) is 0 Å². The average molecular weight is 225 g/mol. The van der Waals surface area contributed by atoms with Crippen molar-refractivity contribution in [2.24, 2.45) is 5.73 Å². The van der Waals surface area contributed by atoms with Gasteiger partial charge in [-0.1, -0.05) is 6.07 Å². The van der Waals surface area contributed by atoms with E-state index in [1.54, 1.807) is 0 Å². The molecule has 0 fully saturated rings. The maximum atomic E-state index is 13.1. The third kappa shape index (κ3) is 1.62. The van der Waals surface area contributed by atoms with Gasteiger partial charge in [0.15, 0.2) is 5.69 Å². The van der Waals surface area contributed by atoms with Crippen molar-refractivity contribution in [1.29, 1.82) is 0 Å². The summed E-state index contributed by atoms with van der Waals surface area (Å²) in [6.07, 6.45) is 0. The van der Waals surface area contributed by atoms with Crippen molar-refractivity contribution < 1.29 is 13.6 Å². The number of nitrogens with zero attached hydrogens (tertiary/aromatic N) is 1. The predicted octanol–water partition coefficient (Wildman–Crippen LogP) is 1.77. The number of amides is 1. The molecule has 0 bridgehead atoms. The van der Waals surface area contributed by atoms with Gasteiger partial charge in [0.05, 0.1) is 5.52 Å². The van der Waals surface area contributed by atoms with Crippen LogP contribution < -0.4 is 5.73 Å². The van der Waals surface area contributed by atoms with Crippen molar-refractivity contribution in [1.82, 2.24) is 10.2 Å². The van der Waals surface area contributed by atoms with Gasteiger partial charge in [-0.2, -0.15) is 5.10 Å². The molecular weight excluding hydrogens is 216 g/mol. The van der Waals surface area contributed by atoms with E-state index in [-0.39, 0.29) is 11.3 Å². The van der Waals surface area contributed by atoms with E-state index in [1.165, 1.54) is 18.2 Å². The molecule has 1 amide bonds. The maximum absolute atomic E-state index is 13.1. The topological polar surface area (TPSA) is 71.8 Å². The van der Waals surface area contributed by atoms with Gasteiger partial charge in [0.25, 0.3) is 11.8 Å². The first-order chi connectivity index (χ1) is 7.39. The molecule has 0 aliphatic rings. The lowest BCUT2D eigenvalue weighted by atomic mass is 10.1. The smallest absolute Gasteiger partial charge is 0.270 e. The number of primary amides is 1. The average Bonchev–Trinajstić information content (AvgIpc) is 2.58. The lowest BCUT2D eigenvalue weighted by Gasteiger charge is -2.09. The highest BCUT2D eigenvalue weighted by atomic mass is 19.3. The number of nitrogens with one attached hydrogen (secondary N) is 1. The zero-order valence-corrected chi connectivity index (χ0v) is 8.42. The van der Waals surface area contributed by atoms with E-state index in [9.17, 15) is 13.6 Å². The van der Waals surface area contributed by atoms with Crippen LogP contribution in [0.4, 0.5) is 8.78 Å². The van der Waals surface area contributed by atoms with Crippen molar-refractivity contribution in [2.75, 3.05) is 0 Å². The fourth-order valence-corrected chi connectivity index (χ4v) is 1.47. The fourth-order valence-electron chi connectivity index (χ4n) is 1.47. The summed E-state index contributed by atoms with van der Waals surface area (Å²) in [6.45, 7) is 0.790. The summed E-state index contributed by atoms with van der Waals surface area (Å²) in [5, 5.41) is 6.54. The molecule has 0 aliphatic carbocycles. The molecular formula is C10H9F2N3O. The number of carbonyl (C=O) groups is 1. The Bertz CT molecular complexity index is 557. The Morgan fingerprint density at radius 3 is 2.75 bits per heavy atom. The molecule has 0 radical (unpaired) electrons. The molecule has 1 heterocycles. The second-order valence-electron chi connectivity index (χ2n) is 3.59. The Balaban J connectivity index is 2.68. The lowest BCUT2D eigenvalue weighted by molar-refractivity contribution is 0.0176. The summed E-state index contributed by atoms with van der Waals surface area (Å²) in [6, 6.07) is 3.95. The quantitative estimate of drug-likeness (QED) is 0.817. The maximum Gasteiger partial charge on any atom is 0.270 e. The molecule has 4 nitrogen and oxygen atoms in total. The van der Waals surface area contributed by atoms with Gasteiger partial charge >= 0.3 is 0 Å². The van der Waals surface area contributed by atoms with Gasteiger partial charge in [-0.15, -0.1) is 0 Å². The van der Waals surface area contributed by atoms with E-state index < -0.39 is 11.8 Å². The van der Waals surface area contributed by atoms with Crippen LogP contribution >= 0.6 is 0 Å². The number of H-pyrrole nitrogens is 1. The Kier molecular flexibility index (Phi) is 2.15. The van der Waals surface area contributed by atoms with Crippen LogP contribution in [-0.2, 0) is 5.92 Å². The standard InChI is InChI=1S/C10H9F2N3O/c1-10(11,12)5-2-3-7-6(4-5)8(9(13)16)15-14-7/h2-4H,1H3,(H2,13,16)(H,14,15). The number of aromatic amines is 1. The minimum absolute atomic E-state index is 0.0268. The van der Waals surface area contributed by atoms with Gasteiger partial charge in [0, 0.05) is 17.9 Å². The number of carbonyl (C=O) groups excluding carboxylic acids is 1. The summed E-state index contributed by atoms with van der Waals surface area (Å²) in [5.74, 6) is -3.71. The minimum Gasteiger partial charge on any atom is -0.364 e. The van der Waals surface area contributed by atoms with E-state index in [4.69, 9.17) is 5.73 Å². The molecule has 6 heteroatoms. The minimum atomic E-state index is -2.96. The summed E-state index contributed by atoms with van der Waals surface area (Å²) in [4.78, 5) is 11.0. The fraction of sp³-hybridized carbons (Fsp3) is 0.200. The molecule has 0 saturated heterocycles. The van der Waals surface area contributed by atoms with E-state index in [1.807, 2.05) is 0 Å². The number of benzene rings is 1. The SMILES string of the molecule is CC(F)(F)c1ccc2[nH]nc(C(N)=O)c2c1. The number of hydrogen-bond donors (Lipinski definition) is 2. The molecule has 1 aromatic heterocycles. The Hall–Kier alpha value is -1.98. The second kappa shape index (κ2) is 3.26. The molecule has 0 unspecified atom stereocenters. The van der Waals surface area contributed by atoms with E-state index >= 15 is 0 Å². The monoisotopic (exact) mass is 225 g/mol. The van der Waals surface area contributed by atoms with Crippen LogP contribution in [0.25, 0.3) is 10.9 Å². The molecule has 2 rings (SSSR count). The second-order valence-corrected chi connectivity index (χ2v) is 3.59. The van der Waals surface area contributed by atoms with E-state index in [0.717, 1.165) is 6.92 Å². The predicted molar refractivity (Wildman–Crippen MR) is 54.2 cm³/mol. The molecule has 0 spiro atoms. The Morgan fingerprint density at radius 1 is 1.50 bits per heavy atom. The highest BCUT2D eigenvalue weighted by molar-refractivity contribution is 6.04. The highest BCUT2D eigenvalue weighted by Gasteiger charge is 2.25. The first-order valence-electron chi connectivity index (χ1n) is 4.56. The molecule has 16 heavy (non-hydrogen) atoms. The Labute approximate surface area is 89.4 Å². The van der Waals surface area contributed by atoms with Crippen molar-refractivity contribution in [3.05, 3.63) is 29.5 Å². The van der Waals surface area contributed by atoms with Crippen molar-refractivity contribution >= 4 is 16.8 Å². The van der Waals surface area contributed by atoms with Gasteiger partial charge in [-0.3, -0.25) is 9.89 Å². The van der Waals surface area contributed by atoms with Crippen LogP contribution in [0.15, 0.2) is 18.2 Å². The third-order valence-corrected chi connectivity index (χ3v) is 2.30. The summed E-state index contributed by atoms with van der Waals surface area (Å²) >= 11 is 0. The summed E-state index contributed by atoms with van der Waals surface area (Å²) in [7, 11) is 0. The number of nitrogens with two attached hydrogens (primary N) is 1. The molecule has 0 aliphatic heterocycles. The largest absolute Gasteiger partial charge is 0.364 e. The number of rotatable bonds is 2. The van der Waals surface area contributed by atoms with Crippen LogP contribution in [0.3, 0.4) is 0 Å². The lowest BCUT2D eigenvalue weighted by Crippen LogP contribution is -2.12. The van der Waals surface area contributed by atoms with Crippen LogP contribution in [0.1, 0.15) is 23.0 Å². The van der Waals surface area contributed by atoms with Gasteiger partial charge in [-0.25, -0.2) is 8.78 Å². The van der Waals surface area contributed by atoms with Crippen LogP contribution in [0.2, 0.25) is 0 Å². The van der Waals surface area contributed by atoms with E-state index in [2.05, 4.69) is 10.2 Å². The van der Waals surface area contributed by atoms with Crippen LogP contribution in [-0.4, -0.2) is 16.1 Å². The molecule has 1 aromatic carbocycles. The molecule has 84 valence electrons. The van der Waals surface area contributed by atoms with Crippen LogP contribution in [0, 0.1) is 0 Å². The summed E-state index contributed by atoms with van der Waals surface area (Å²) in [5.41, 5.74) is 5.37. The van der Waals surface area contributed by atoms with Crippen molar-refractivity contribution in [3.63, 3.8) is 0 Å². The zero-order valence-electron chi connectivity index (χ0n) is 8.42.